The molecular weight excluding hydrogens is 382 g/mol. The van der Waals surface area contributed by atoms with E-state index >= 15 is 0 Å². The van der Waals surface area contributed by atoms with E-state index in [1.165, 1.54) is 45.0 Å². The lowest BCUT2D eigenvalue weighted by molar-refractivity contribution is -0.122. The molecule has 0 aliphatic heterocycles. The van der Waals surface area contributed by atoms with Crippen molar-refractivity contribution < 1.29 is 26.4 Å². The summed E-state index contributed by atoms with van der Waals surface area (Å²) < 4.78 is 49.5. The number of amides is 2. The maximum absolute atomic E-state index is 12.3. The second kappa shape index (κ2) is 9.10. The molecule has 0 saturated heterocycles. The van der Waals surface area contributed by atoms with Gasteiger partial charge in [0.25, 0.3) is 0 Å². The fourth-order valence-corrected chi connectivity index (χ4v) is 3.81. The van der Waals surface area contributed by atoms with Gasteiger partial charge in [0.2, 0.25) is 21.8 Å². The van der Waals surface area contributed by atoms with E-state index in [9.17, 15) is 26.4 Å². The first-order chi connectivity index (χ1) is 12.0. The summed E-state index contributed by atoms with van der Waals surface area (Å²) in [4.78, 5) is 22.8. The molecule has 1 rings (SSSR count). The first kappa shape index (κ1) is 22.1. The van der Waals surface area contributed by atoms with Crippen molar-refractivity contribution in [2.45, 2.75) is 31.7 Å². The average molecular weight is 405 g/mol. The molecule has 0 aliphatic rings. The van der Waals surface area contributed by atoms with Gasteiger partial charge >= 0.3 is 0 Å². The SMILES string of the molecule is CCS(=O)(=O)CCNC(=O)[C@H](C)NS(=O)(=O)c1ccc(NC(C)=O)cc1. The molecule has 0 aromatic heterocycles. The molecule has 0 unspecified atom stereocenters. The monoisotopic (exact) mass is 405 g/mol. The third-order valence-electron chi connectivity index (χ3n) is 3.36. The minimum Gasteiger partial charge on any atom is -0.354 e. The van der Waals surface area contributed by atoms with E-state index < -0.39 is 31.8 Å². The number of nitrogens with one attached hydrogen (secondary N) is 3. The molecule has 0 fully saturated rings. The average Bonchev–Trinajstić information content (AvgIpc) is 2.54. The van der Waals surface area contributed by atoms with Gasteiger partial charge in [-0.1, -0.05) is 6.92 Å². The highest BCUT2D eigenvalue weighted by Gasteiger charge is 2.22. The van der Waals surface area contributed by atoms with Gasteiger partial charge < -0.3 is 10.6 Å². The summed E-state index contributed by atoms with van der Waals surface area (Å²) in [5.74, 6) is -1.15. The molecule has 1 aromatic carbocycles. The van der Waals surface area contributed by atoms with E-state index in [0.717, 1.165) is 0 Å². The van der Waals surface area contributed by atoms with Gasteiger partial charge in [-0.25, -0.2) is 16.8 Å². The maximum Gasteiger partial charge on any atom is 0.241 e. The Balaban J connectivity index is 2.67. The fourth-order valence-electron chi connectivity index (χ4n) is 1.90. The topological polar surface area (TPSA) is 139 Å². The van der Waals surface area contributed by atoms with E-state index in [2.05, 4.69) is 15.4 Å². The minimum absolute atomic E-state index is 0.0282. The van der Waals surface area contributed by atoms with Crippen LogP contribution < -0.4 is 15.4 Å². The summed E-state index contributed by atoms with van der Waals surface area (Å²) in [6.45, 7) is 4.10. The number of carbonyl (C=O) groups excluding carboxylic acids is 2. The molecule has 0 bridgehead atoms. The summed E-state index contributed by atoms with van der Waals surface area (Å²) in [5, 5.41) is 4.90. The molecule has 1 atom stereocenters. The number of anilines is 1. The van der Waals surface area contributed by atoms with Gasteiger partial charge in [0.05, 0.1) is 16.7 Å². The van der Waals surface area contributed by atoms with Crippen LogP contribution in [0.5, 0.6) is 0 Å². The van der Waals surface area contributed by atoms with Crippen molar-refractivity contribution in [3.8, 4) is 0 Å². The van der Waals surface area contributed by atoms with Crippen LogP contribution >= 0.6 is 0 Å². The predicted molar refractivity (Wildman–Crippen MR) is 97.9 cm³/mol. The molecule has 11 heteroatoms. The number of rotatable bonds is 9. The first-order valence-electron chi connectivity index (χ1n) is 7.85. The van der Waals surface area contributed by atoms with Gasteiger partial charge in [0.15, 0.2) is 9.84 Å². The highest BCUT2D eigenvalue weighted by atomic mass is 32.2. The third kappa shape index (κ3) is 7.10. The standard InChI is InChI=1S/C15H23N3O6S2/c1-4-25(21,22)10-9-16-15(20)11(2)18-26(23,24)14-7-5-13(6-8-14)17-12(3)19/h5-8,11,18H,4,9-10H2,1-3H3,(H,16,20)(H,17,19)/t11-/m0/s1. The Kier molecular flexibility index (Phi) is 7.72. The van der Waals surface area contributed by atoms with Crippen LogP contribution in [0.2, 0.25) is 0 Å². The molecular formula is C15H23N3O6S2. The van der Waals surface area contributed by atoms with Crippen molar-refractivity contribution in [1.82, 2.24) is 10.0 Å². The summed E-state index contributed by atoms with van der Waals surface area (Å²) in [5.41, 5.74) is 0.444. The van der Waals surface area contributed by atoms with Crippen LogP contribution in [0.3, 0.4) is 0 Å². The lowest BCUT2D eigenvalue weighted by Crippen LogP contribution is -2.45. The summed E-state index contributed by atoms with van der Waals surface area (Å²) in [6.07, 6.45) is 0. The Labute approximate surface area is 153 Å². The van der Waals surface area contributed by atoms with E-state index in [-0.39, 0.29) is 28.9 Å². The Morgan fingerprint density at radius 3 is 2.15 bits per heavy atom. The molecule has 0 aliphatic carbocycles. The molecule has 0 saturated carbocycles. The van der Waals surface area contributed by atoms with Crippen LogP contribution in [-0.2, 0) is 29.4 Å². The van der Waals surface area contributed by atoms with E-state index in [4.69, 9.17) is 0 Å². The normalized spacial score (nSPS) is 13.0. The van der Waals surface area contributed by atoms with E-state index in [0.29, 0.717) is 5.69 Å². The summed E-state index contributed by atoms with van der Waals surface area (Å²) in [7, 11) is -7.16. The molecule has 0 heterocycles. The van der Waals surface area contributed by atoms with Crippen molar-refractivity contribution >= 4 is 37.4 Å². The van der Waals surface area contributed by atoms with Crippen LogP contribution in [0, 0.1) is 0 Å². The second-order valence-electron chi connectivity index (χ2n) is 5.58. The molecule has 3 N–H and O–H groups in total. The van der Waals surface area contributed by atoms with E-state index in [1.54, 1.807) is 0 Å². The van der Waals surface area contributed by atoms with Crippen molar-refractivity contribution in [2.75, 3.05) is 23.4 Å². The number of hydrogen-bond acceptors (Lipinski definition) is 6. The third-order valence-corrected chi connectivity index (χ3v) is 6.62. The van der Waals surface area contributed by atoms with Gasteiger partial charge in [-0.3, -0.25) is 9.59 Å². The predicted octanol–water partition coefficient (Wildman–Crippen LogP) is -0.137. The molecule has 26 heavy (non-hydrogen) atoms. The lowest BCUT2D eigenvalue weighted by atomic mass is 10.3. The van der Waals surface area contributed by atoms with Crippen LogP contribution in [0.1, 0.15) is 20.8 Å². The summed E-state index contributed by atoms with van der Waals surface area (Å²) >= 11 is 0. The van der Waals surface area contributed by atoms with E-state index in [1.807, 2.05) is 0 Å². The van der Waals surface area contributed by atoms with Crippen LogP contribution in [0.4, 0.5) is 5.69 Å². The highest BCUT2D eigenvalue weighted by Crippen LogP contribution is 2.14. The molecule has 146 valence electrons. The van der Waals surface area contributed by atoms with Gasteiger partial charge in [-0.2, -0.15) is 4.72 Å². The number of benzene rings is 1. The highest BCUT2D eigenvalue weighted by molar-refractivity contribution is 7.91. The van der Waals surface area contributed by atoms with Gasteiger partial charge in [-0.15, -0.1) is 0 Å². The van der Waals surface area contributed by atoms with Crippen LogP contribution in [0.15, 0.2) is 29.2 Å². The van der Waals surface area contributed by atoms with Gasteiger partial charge in [0, 0.05) is 24.9 Å². The molecule has 0 radical (unpaired) electrons. The Morgan fingerprint density at radius 1 is 1.08 bits per heavy atom. The van der Waals surface area contributed by atoms with Gasteiger partial charge in [-0.05, 0) is 31.2 Å². The second-order valence-corrected chi connectivity index (χ2v) is 9.76. The number of carbonyl (C=O) groups is 2. The Bertz CT molecular complexity index is 848. The molecule has 9 nitrogen and oxygen atoms in total. The van der Waals surface area contributed by atoms with Crippen LogP contribution in [-0.4, -0.2) is 52.7 Å². The molecule has 2 amide bonds. The lowest BCUT2D eigenvalue weighted by Gasteiger charge is -2.14. The Hall–Kier alpha value is -1.98. The number of sulfonamides is 1. The zero-order valence-corrected chi connectivity index (χ0v) is 16.4. The molecule has 1 aromatic rings. The van der Waals surface area contributed by atoms with Crippen molar-refractivity contribution in [2.24, 2.45) is 0 Å². The fraction of sp³-hybridized carbons (Fsp3) is 0.467. The van der Waals surface area contributed by atoms with Crippen LogP contribution in [0.25, 0.3) is 0 Å². The zero-order chi connectivity index (χ0) is 20.0. The quantitative estimate of drug-likeness (QED) is 0.523. The van der Waals surface area contributed by atoms with Gasteiger partial charge in [0.1, 0.15) is 0 Å². The largest absolute Gasteiger partial charge is 0.354 e. The molecule has 0 spiro atoms. The minimum atomic E-state index is -3.95. The zero-order valence-electron chi connectivity index (χ0n) is 14.8. The smallest absolute Gasteiger partial charge is 0.241 e. The van der Waals surface area contributed by atoms with Crippen molar-refractivity contribution in [3.05, 3.63) is 24.3 Å². The Morgan fingerprint density at radius 2 is 1.65 bits per heavy atom. The first-order valence-corrected chi connectivity index (χ1v) is 11.2. The van der Waals surface area contributed by atoms with Crippen molar-refractivity contribution in [3.63, 3.8) is 0 Å². The van der Waals surface area contributed by atoms with Crippen molar-refractivity contribution in [1.29, 1.82) is 0 Å². The maximum atomic E-state index is 12.3. The number of hydrogen-bond donors (Lipinski definition) is 3. The number of sulfone groups is 1. The summed E-state index contributed by atoms with van der Waals surface area (Å²) in [6, 6.07) is 4.37.